The first kappa shape index (κ1) is 13.2. The van der Waals surface area contributed by atoms with Gasteiger partial charge in [0.1, 0.15) is 11.6 Å². The summed E-state index contributed by atoms with van der Waals surface area (Å²) in [6.07, 6.45) is 0. The summed E-state index contributed by atoms with van der Waals surface area (Å²) in [6.45, 7) is 1.62. The Morgan fingerprint density at radius 3 is 2.67 bits per heavy atom. The standard InChI is InChI=1S/C14H11F2N5/c1-8-10(15)3-2-4-13(8)21-14(18-19-20-21)9-5-6-12(17)11(16)7-9/h2-7H,17H2,1H3. The molecule has 3 aromatic rings. The average molecular weight is 287 g/mol. The number of nitrogens with zero attached hydrogens (tertiary/aromatic N) is 4. The average Bonchev–Trinajstić information content (AvgIpc) is 2.94. The highest BCUT2D eigenvalue weighted by molar-refractivity contribution is 5.61. The van der Waals surface area contributed by atoms with Gasteiger partial charge in [-0.3, -0.25) is 0 Å². The van der Waals surface area contributed by atoms with Crippen LogP contribution in [0.3, 0.4) is 0 Å². The van der Waals surface area contributed by atoms with Crippen LogP contribution in [0.2, 0.25) is 0 Å². The molecule has 0 aliphatic carbocycles. The SMILES string of the molecule is Cc1c(F)cccc1-n1nnnc1-c1ccc(N)c(F)c1. The number of aromatic nitrogens is 4. The number of nitrogen functional groups attached to an aromatic ring is 1. The van der Waals surface area contributed by atoms with Gasteiger partial charge in [0, 0.05) is 11.1 Å². The first-order valence-corrected chi connectivity index (χ1v) is 6.17. The zero-order valence-electron chi connectivity index (χ0n) is 11.1. The van der Waals surface area contributed by atoms with E-state index in [4.69, 9.17) is 5.73 Å². The lowest BCUT2D eigenvalue weighted by Crippen LogP contribution is -2.04. The molecule has 106 valence electrons. The quantitative estimate of drug-likeness (QED) is 0.735. The molecule has 3 rings (SSSR count). The molecule has 0 radical (unpaired) electrons. The second-order valence-electron chi connectivity index (χ2n) is 4.53. The molecular formula is C14H11F2N5. The van der Waals surface area contributed by atoms with Crippen LogP contribution in [0.5, 0.6) is 0 Å². The normalized spacial score (nSPS) is 10.8. The molecule has 0 spiro atoms. The maximum Gasteiger partial charge on any atom is 0.187 e. The highest BCUT2D eigenvalue weighted by Gasteiger charge is 2.15. The molecule has 1 aromatic heterocycles. The predicted molar refractivity (Wildman–Crippen MR) is 73.7 cm³/mol. The van der Waals surface area contributed by atoms with Crippen LogP contribution in [-0.2, 0) is 0 Å². The zero-order valence-corrected chi connectivity index (χ0v) is 11.1. The van der Waals surface area contributed by atoms with Crippen LogP contribution < -0.4 is 5.73 Å². The summed E-state index contributed by atoms with van der Waals surface area (Å²) < 4.78 is 28.6. The topological polar surface area (TPSA) is 69.6 Å². The molecule has 0 amide bonds. The Bertz CT molecular complexity index is 813. The van der Waals surface area contributed by atoms with E-state index in [0.717, 1.165) is 0 Å². The van der Waals surface area contributed by atoms with Crippen LogP contribution in [0.4, 0.5) is 14.5 Å². The molecule has 21 heavy (non-hydrogen) atoms. The maximum atomic E-state index is 13.7. The predicted octanol–water partition coefficient (Wildman–Crippen LogP) is 2.50. The van der Waals surface area contributed by atoms with E-state index in [1.807, 2.05) is 0 Å². The lowest BCUT2D eigenvalue weighted by molar-refractivity contribution is 0.614. The number of nitrogens with two attached hydrogens (primary N) is 1. The highest BCUT2D eigenvalue weighted by Crippen LogP contribution is 2.24. The van der Waals surface area contributed by atoms with Gasteiger partial charge in [-0.25, -0.2) is 8.78 Å². The van der Waals surface area contributed by atoms with Gasteiger partial charge in [-0.05, 0) is 47.7 Å². The molecule has 0 atom stereocenters. The molecule has 0 unspecified atom stereocenters. The lowest BCUT2D eigenvalue weighted by Gasteiger charge is -2.08. The Labute approximate surface area is 119 Å². The molecule has 1 heterocycles. The number of hydrogen-bond donors (Lipinski definition) is 1. The molecule has 0 aliphatic rings. The van der Waals surface area contributed by atoms with E-state index in [2.05, 4.69) is 15.5 Å². The van der Waals surface area contributed by atoms with Gasteiger partial charge in [-0.15, -0.1) is 5.10 Å². The van der Waals surface area contributed by atoms with E-state index < -0.39 is 5.82 Å². The Kier molecular flexibility index (Phi) is 3.09. The third-order valence-electron chi connectivity index (χ3n) is 3.20. The Hall–Kier alpha value is -2.83. The van der Waals surface area contributed by atoms with Gasteiger partial charge >= 0.3 is 0 Å². The molecule has 5 nitrogen and oxygen atoms in total. The van der Waals surface area contributed by atoms with E-state index in [1.54, 1.807) is 25.1 Å². The van der Waals surface area contributed by atoms with E-state index >= 15 is 0 Å². The summed E-state index contributed by atoms with van der Waals surface area (Å²) in [6, 6.07) is 8.88. The second-order valence-corrected chi connectivity index (χ2v) is 4.53. The molecule has 2 aromatic carbocycles. The Balaban J connectivity index is 2.17. The molecule has 0 aliphatic heterocycles. The van der Waals surface area contributed by atoms with Crippen molar-refractivity contribution in [3.8, 4) is 17.1 Å². The Morgan fingerprint density at radius 1 is 1.10 bits per heavy atom. The minimum atomic E-state index is -0.557. The van der Waals surface area contributed by atoms with Crippen molar-refractivity contribution in [3.63, 3.8) is 0 Å². The number of hydrogen-bond acceptors (Lipinski definition) is 4. The first-order valence-electron chi connectivity index (χ1n) is 6.17. The first-order chi connectivity index (χ1) is 10.1. The van der Waals surface area contributed by atoms with Crippen molar-refractivity contribution in [2.45, 2.75) is 6.92 Å². The molecule has 0 bridgehead atoms. The fraction of sp³-hybridized carbons (Fsp3) is 0.0714. The third kappa shape index (κ3) is 2.22. The molecule has 0 fully saturated rings. The van der Waals surface area contributed by atoms with Crippen LogP contribution in [-0.4, -0.2) is 20.2 Å². The van der Waals surface area contributed by atoms with Crippen molar-refractivity contribution in [3.05, 3.63) is 53.6 Å². The fourth-order valence-corrected chi connectivity index (χ4v) is 2.02. The number of halogens is 2. The third-order valence-corrected chi connectivity index (χ3v) is 3.20. The van der Waals surface area contributed by atoms with Crippen LogP contribution in [0.25, 0.3) is 17.1 Å². The minimum Gasteiger partial charge on any atom is -0.396 e. The van der Waals surface area contributed by atoms with Gasteiger partial charge in [-0.1, -0.05) is 6.07 Å². The van der Waals surface area contributed by atoms with Crippen molar-refractivity contribution in [2.24, 2.45) is 0 Å². The van der Waals surface area contributed by atoms with Crippen LogP contribution >= 0.6 is 0 Å². The smallest absolute Gasteiger partial charge is 0.187 e. The van der Waals surface area contributed by atoms with Crippen molar-refractivity contribution >= 4 is 5.69 Å². The Morgan fingerprint density at radius 2 is 1.90 bits per heavy atom. The summed E-state index contributed by atoms with van der Waals surface area (Å²) >= 11 is 0. The number of rotatable bonds is 2. The lowest BCUT2D eigenvalue weighted by atomic mass is 10.1. The van der Waals surface area contributed by atoms with Crippen LogP contribution in [0.15, 0.2) is 36.4 Å². The van der Waals surface area contributed by atoms with Crippen LogP contribution in [0.1, 0.15) is 5.56 Å². The summed E-state index contributed by atoms with van der Waals surface area (Å²) in [4.78, 5) is 0. The van der Waals surface area contributed by atoms with Gasteiger partial charge in [0.25, 0.3) is 0 Å². The number of tetrazole rings is 1. The van der Waals surface area contributed by atoms with Gasteiger partial charge in [-0.2, -0.15) is 4.68 Å². The van der Waals surface area contributed by atoms with E-state index in [0.29, 0.717) is 22.6 Å². The van der Waals surface area contributed by atoms with Gasteiger partial charge in [0.05, 0.1) is 11.4 Å². The second kappa shape index (κ2) is 4.93. The molecule has 0 saturated carbocycles. The van der Waals surface area contributed by atoms with E-state index in [1.165, 1.54) is 22.9 Å². The van der Waals surface area contributed by atoms with Gasteiger partial charge in [0.2, 0.25) is 0 Å². The monoisotopic (exact) mass is 287 g/mol. The zero-order chi connectivity index (χ0) is 15.0. The molecular weight excluding hydrogens is 276 g/mol. The maximum absolute atomic E-state index is 13.7. The van der Waals surface area contributed by atoms with Crippen molar-refractivity contribution in [2.75, 3.05) is 5.73 Å². The van der Waals surface area contributed by atoms with Gasteiger partial charge < -0.3 is 5.73 Å². The van der Waals surface area contributed by atoms with E-state index in [-0.39, 0.29) is 11.5 Å². The molecule has 7 heteroatoms. The van der Waals surface area contributed by atoms with Crippen LogP contribution in [0, 0.1) is 18.6 Å². The highest BCUT2D eigenvalue weighted by atomic mass is 19.1. The van der Waals surface area contributed by atoms with Crippen molar-refractivity contribution in [1.29, 1.82) is 0 Å². The summed E-state index contributed by atoms with van der Waals surface area (Å²) in [5, 5.41) is 11.3. The van der Waals surface area contributed by atoms with Gasteiger partial charge in [0.15, 0.2) is 5.82 Å². The summed E-state index contributed by atoms with van der Waals surface area (Å²) in [5.41, 5.74) is 6.85. The number of anilines is 1. The van der Waals surface area contributed by atoms with Crippen molar-refractivity contribution in [1.82, 2.24) is 20.2 Å². The largest absolute Gasteiger partial charge is 0.396 e. The molecule has 2 N–H and O–H groups in total. The summed E-state index contributed by atoms with van der Waals surface area (Å²) in [5.74, 6) is -0.613. The fourth-order valence-electron chi connectivity index (χ4n) is 2.02. The van der Waals surface area contributed by atoms with Crippen molar-refractivity contribution < 1.29 is 8.78 Å². The van der Waals surface area contributed by atoms with E-state index in [9.17, 15) is 8.78 Å². The summed E-state index contributed by atoms with van der Waals surface area (Å²) in [7, 11) is 0. The molecule has 0 saturated heterocycles. The number of benzene rings is 2. The minimum absolute atomic E-state index is 0.0414.